The van der Waals surface area contributed by atoms with Gasteiger partial charge in [0.15, 0.2) is 11.5 Å². The van der Waals surface area contributed by atoms with Gasteiger partial charge in [-0.15, -0.1) is 5.76 Å². The topological polar surface area (TPSA) is 150 Å². The normalized spacial score (nSPS) is 10.5. The summed E-state index contributed by atoms with van der Waals surface area (Å²) in [5, 5.41) is 20.6. The van der Waals surface area contributed by atoms with Gasteiger partial charge >= 0.3 is 39.9 Å². The van der Waals surface area contributed by atoms with Crippen molar-refractivity contribution in [3.63, 3.8) is 0 Å². The summed E-state index contributed by atoms with van der Waals surface area (Å²) in [7, 11) is 0. The molecular formula is C31H39O8Tc-. The Kier molecular flexibility index (Phi) is 32.2. The fourth-order valence-electron chi connectivity index (χ4n) is 4.06. The van der Waals surface area contributed by atoms with Gasteiger partial charge in [0.25, 0.3) is 0 Å². The number of ketones is 1. The first-order valence-electron chi connectivity index (χ1n) is 13.3. The summed E-state index contributed by atoms with van der Waals surface area (Å²) in [6, 6.07) is 3.35. The molecule has 1 aliphatic carbocycles. The molecule has 219 valence electrons. The molecule has 0 aliphatic heterocycles. The van der Waals surface area contributed by atoms with Crippen LogP contribution in [0.25, 0.3) is 0 Å². The first kappa shape index (κ1) is 41.8. The molecule has 0 spiro atoms. The van der Waals surface area contributed by atoms with E-state index in [1.807, 2.05) is 24.3 Å². The molecule has 0 saturated carbocycles. The van der Waals surface area contributed by atoms with E-state index in [-0.39, 0.29) is 38.1 Å². The summed E-state index contributed by atoms with van der Waals surface area (Å²) in [5.41, 5.74) is 0.850. The van der Waals surface area contributed by atoms with Crippen molar-refractivity contribution >= 4 is 11.8 Å². The predicted molar refractivity (Wildman–Crippen MR) is 141 cm³/mol. The molecule has 8 nitrogen and oxygen atoms in total. The minimum absolute atomic E-state index is 0. The van der Waals surface area contributed by atoms with Crippen molar-refractivity contribution in [1.29, 1.82) is 0 Å². The van der Waals surface area contributed by atoms with Crippen molar-refractivity contribution in [2.75, 3.05) is 0 Å². The molecule has 0 saturated heterocycles. The Bertz CT molecular complexity index is 922. The van der Waals surface area contributed by atoms with Crippen molar-refractivity contribution in [3.05, 3.63) is 79.2 Å². The molecule has 40 heavy (non-hydrogen) atoms. The minimum atomic E-state index is -0.867. The molecule has 0 bridgehead atoms. The van der Waals surface area contributed by atoms with Gasteiger partial charge < -0.3 is 14.6 Å². The third kappa shape index (κ3) is 22.2. The molecule has 1 aromatic rings. The Labute approximate surface area is 251 Å². The van der Waals surface area contributed by atoms with Gasteiger partial charge in [0.2, 0.25) is 0 Å². The number of unbranched alkanes of at least 4 members (excludes halogenated alkanes) is 11. The number of allylic oxidation sites excluding steroid dienone is 6. The molecule has 0 amide bonds. The van der Waals surface area contributed by atoms with Gasteiger partial charge in [-0.1, -0.05) is 94.9 Å². The molecule has 1 aromatic heterocycles. The van der Waals surface area contributed by atoms with Crippen LogP contribution in [0.4, 0.5) is 0 Å². The third-order valence-corrected chi connectivity index (χ3v) is 6.06. The van der Waals surface area contributed by atoms with E-state index >= 15 is 0 Å². The van der Waals surface area contributed by atoms with Crippen molar-refractivity contribution in [1.82, 2.24) is 0 Å². The van der Waals surface area contributed by atoms with Gasteiger partial charge in [0, 0.05) is 32.9 Å². The van der Waals surface area contributed by atoms with Gasteiger partial charge in [-0.25, -0.2) is 0 Å². The fraction of sp³-hybridized carbons (Fsp3) is 0.516. The van der Waals surface area contributed by atoms with E-state index < -0.39 is 5.97 Å². The number of carbonyl (C=O) groups excluding carboxylic acids is 1. The quantitative estimate of drug-likeness (QED) is 0.0599. The predicted octanol–water partition coefficient (Wildman–Crippen LogP) is 6.57. The smallest absolute Gasteiger partial charge is 0 e. The molecular weight excluding hydrogens is 598 g/mol. The summed E-state index contributed by atoms with van der Waals surface area (Å²) in [6.45, 7) is 13.5. The second-order valence-electron chi connectivity index (χ2n) is 8.92. The Morgan fingerprint density at radius 3 is 1.57 bits per heavy atom. The molecule has 1 N–H and O–H groups in total. The number of aryl methyl sites for hydroxylation is 1. The number of hydrogen-bond donors (Lipinski definition) is 1. The third-order valence-electron chi connectivity index (χ3n) is 6.06. The summed E-state index contributed by atoms with van der Waals surface area (Å²) in [6.07, 6.45) is 23.2. The monoisotopic (exact) mass is 636 g/mol. The standard InChI is InChI=1S/C28H40O5.3CO.Tc/c29-25(23-15-13-14-16-23)17-11-9-7-5-3-1-2-4-6-8-10-12-18-26(30)27-21-19-24(33-27)20-22-28(31)32;3*1-2;/h13-16,19,21,29H,1-12,17-18,20,22H2,(H,31,32);;;;/p-1. The van der Waals surface area contributed by atoms with Gasteiger partial charge in [0.05, 0.1) is 6.42 Å². The molecule has 9 heteroatoms. The largest absolute Gasteiger partial charge is 0 e. The van der Waals surface area contributed by atoms with Gasteiger partial charge in [-0.2, -0.15) is 0 Å². The van der Waals surface area contributed by atoms with E-state index in [4.69, 9.17) is 23.5 Å². The first-order chi connectivity index (χ1) is 19.1. The molecule has 0 aromatic carbocycles. The maximum absolute atomic E-state index is 12.2. The van der Waals surface area contributed by atoms with E-state index in [1.54, 1.807) is 12.1 Å². The number of carbonyl (C=O) groups is 2. The Balaban J connectivity index is -0.00000183. The zero-order chi connectivity index (χ0) is 29.7. The fourth-order valence-corrected chi connectivity index (χ4v) is 4.06. The van der Waals surface area contributed by atoms with E-state index in [2.05, 4.69) is 20.0 Å². The average Bonchev–Trinajstić information content (AvgIpc) is 3.68. The summed E-state index contributed by atoms with van der Waals surface area (Å²) < 4.78 is 28.0. The van der Waals surface area contributed by atoms with E-state index in [9.17, 15) is 14.7 Å². The second-order valence-corrected chi connectivity index (χ2v) is 8.92. The zero-order valence-corrected chi connectivity index (χ0v) is 24.8. The molecule has 0 unspecified atom stereocenters. The molecule has 0 atom stereocenters. The molecule has 1 aliphatic rings. The maximum atomic E-state index is 12.2. The van der Waals surface area contributed by atoms with Crippen LogP contribution in [0.3, 0.4) is 0 Å². The van der Waals surface area contributed by atoms with Crippen molar-refractivity contribution in [2.45, 2.75) is 103 Å². The number of hydrogen-bond acceptors (Lipinski definition) is 4. The van der Waals surface area contributed by atoms with E-state index in [0.29, 0.717) is 30.8 Å². The molecule has 0 fully saturated rings. The van der Waals surface area contributed by atoms with Crippen molar-refractivity contribution in [2.24, 2.45) is 0 Å². The van der Waals surface area contributed by atoms with Crippen LogP contribution in [0.2, 0.25) is 0 Å². The number of Topliss-reactive ketones (excluding diaryl/α,β-unsaturated/α-hetero) is 1. The van der Waals surface area contributed by atoms with Crippen LogP contribution in [0, 0.1) is 20.0 Å². The second kappa shape index (κ2) is 30.8. The number of furan rings is 1. The van der Waals surface area contributed by atoms with E-state index in [0.717, 1.165) is 37.7 Å². The van der Waals surface area contributed by atoms with Gasteiger partial charge in [-0.05, 0) is 30.5 Å². The Morgan fingerprint density at radius 1 is 0.700 bits per heavy atom. The zero-order valence-electron chi connectivity index (χ0n) is 23.0. The SMILES string of the molecule is O=C(O)CCc1ccc(C(=O)CCCCCCCCCCCCCCC([O-])=C2C=CC=C2)o1.[C-]#[O+].[C-]#[O+].[C-]#[O+].[Tc]. The average molecular weight is 638 g/mol. The Hall–Kier alpha value is -2.69. The van der Waals surface area contributed by atoms with Crippen LogP contribution in [0.1, 0.15) is 113 Å². The van der Waals surface area contributed by atoms with Crippen LogP contribution < -0.4 is 5.11 Å². The molecule has 2 rings (SSSR count). The van der Waals surface area contributed by atoms with Crippen LogP contribution in [-0.2, 0) is 45.3 Å². The van der Waals surface area contributed by atoms with Gasteiger partial charge in [0.1, 0.15) is 5.76 Å². The summed E-state index contributed by atoms with van der Waals surface area (Å²) >= 11 is 0. The van der Waals surface area contributed by atoms with Crippen LogP contribution >= 0.6 is 0 Å². The van der Waals surface area contributed by atoms with Crippen LogP contribution in [0.15, 0.2) is 52.2 Å². The maximum Gasteiger partial charge on any atom is 0 e. The Morgan fingerprint density at radius 2 is 1.12 bits per heavy atom. The molecule has 1 radical (unpaired) electrons. The number of rotatable bonds is 19. The summed E-state index contributed by atoms with van der Waals surface area (Å²) in [5.74, 6) is 0.321. The van der Waals surface area contributed by atoms with Gasteiger partial charge in [-0.3, -0.25) is 9.59 Å². The number of carboxylic acids is 1. The van der Waals surface area contributed by atoms with Crippen LogP contribution in [-0.4, -0.2) is 16.9 Å². The van der Waals surface area contributed by atoms with Crippen molar-refractivity contribution in [3.8, 4) is 0 Å². The van der Waals surface area contributed by atoms with E-state index in [1.165, 1.54) is 44.9 Å². The minimum Gasteiger partial charge on any atom is 0 e. The first-order valence-corrected chi connectivity index (χ1v) is 13.3. The molecule has 1 heterocycles. The number of carboxylic acid groups (broad SMARTS) is 1. The number of aliphatic carboxylic acids is 1. The van der Waals surface area contributed by atoms with Crippen molar-refractivity contribution < 1.29 is 58.3 Å². The summed E-state index contributed by atoms with van der Waals surface area (Å²) in [4.78, 5) is 22.8. The van der Waals surface area contributed by atoms with Crippen LogP contribution in [0.5, 0.6) is 0 Å².